The summed E-state index contributed by atoms with van der Waals surface area (Å²) < 4.78 is 11.8. The Bertz CT molecular complexity index is 1410. The molecule has 2 heterocycles. The van der Waals surface area contributed by atoms with Gasteiger partial charge in [-0.15, -0.1) is 11.6 Å². The number of hydrogen-bond donors (Lipinski definition) is 3. The lowest BCUT2D eigenvalue weighted by molar-refractivity contribution is -0.116. The van der Waals surface area contributed by atoms with Gasteiger partial charge in [0.25, 0.3) is 0 Å². The number of aromatic nitrogens is 1. The number of nitrogens with one attached hydrogen (secondary N) is 3. The molecule has 1 aliphatic heterocycles. The maximum Gasteiger partial charge on any atom is 0.224 e. The van der Waals surface area contributed by atoms with Gasteiger partial charge in [-0.1, -0.05) is 11.6 Å². The third kappa shape index (κ3) is 8.14. The molecule has 0 radical (unpaired) electrons. The molecule has 1 fully saturated rings. The van der Waals surface area contributed by atoms with Crippen LogP contribution < -0.4 is 25.4 Å². The number of piperidine rings is 1. The molecule has 0 aliphatic carbocycles. The smallest absolute Gasteiger partial charge is 0.224 e. The van der Waals surface area contributed by atoms with Gasteiger partial charge >= 0.3 is 0 Å². The van der Waals surface area contributed by atoms with E-state index in [1.807, 2.05) is 32.0 Å². The van der Waals surface area contributed by atoms with E-state index in [0.29, 0.717) is 69.7 Å². The second-order valence-electron chi connectivity index (χ2n) is 10.2. The maximum atomic E-state index is 12.7. The number of rotatable bonds is 12. The van der Waals surface area contributed by atoms with Crippen molar-refractivity contribution in [3.8, 4) is 17.6 Å². The Hall–Kier alpha value is -3.29. The van der Waals surface area contributed by atoms with E-state index in [2.05, 4.69) is 27.0 Å². The van der Waals surface area contributed by atoms with Gasteiger partial charge in [-0.25, -0.2) is 0 Å². The van der Waals surface area contributed by atoms with Crippen LogP contribution >= 0.6 is 23.2 Å². The van der Waals surface area contributed by atoms with Crippen LogP contribution in [0.3, 0.4) is 0 Å². The molecule has 1 aliphatic rings. The predicted molar refractivity (Wildman–Crippen MR) is 165 cm³/mol. The van der Waals surface area contributed by atoms with E-state index in [1.54, 1.807) is 24.3 Å². The number of carbonyl (C=O) groups is 1. The number of pyridine rings is 1. The normalized spacial score (nSPS) is 16.8. The highest BCUT2D eigenvalue weighted by Gasteiger charge is 2.23. The molecule has 1 saturated heterocycles. The molecule has 2 atom stereocenters. The zero-order valence-electron chi connectivity index (χ0n) is 23.6. The van der Waals surface area contributed by atoms with Crippen LogP contribution in [0.1, 0.15) is 38.2 Å². The summed E-state index contributed by atoms with van der Waals surface area (Å²) in [6.07, 6.45) is 4.62. The number of benzene rings is 2. The topological polar surface area (TPSA) is 112 Å². The van der Waals surface area contributed by atoms with Gasteiger partial charge in [0.15, 0.2) is 0 Å². The average Bonchev–Trinajstić information content (AvgIpc) is 2.94. The van der Waals surface area contributed by atoms with Crippen LogP contribution in [0.25, 0.3) is 10.9 Å². The largest absolute Gasteiger partial charge is 0.492 e. The van der Waals surface area contributed by atoms with Crippen molar-refractivity contribution < 1.29 is 14.3 Å². The van der Waals surface area contributed by atoms with E-state index < -0.39 is 0 Å². The highest BCUT2D eigenvalue weighted by molar-refractivity contribution is 6.32. The van der Waals surface area contributed by atoms with Crippen molar-refractivity contribution in [2.45, 2.75) is 44.0 Å². The molecule has 218 valence electrons. The molecule has 4 rings (SSSR count). The lowest BCUT2D eigenvalue weighted by atomic mass is 10.1. The zero-order chi connectivity index (χ0) is 29.4. The molecule has 2 aromatic carbocycles. The first kappa shape index (κ1) is 30.7. The SMILES string of the molecule is CCOc1cc2ncc(C#N)c(Nc3ccc(OCC4NCCCC4Cl)c(Cl)c3)c2cc1NC(=O)CCCN(C)C. The molecule has 3 aromatic rings. The monoisotopic (exact) mass is 598 g/mol. The van der Waals surface area contributed by atoms with Crippen LogP contribution in [0.5, 0.6) is 11.5 Å². The van der Waals surface area contributed by atoms with E-state index in [1.165, 1.54) is 6.20 Å². The summed E-state index contributed by atoms with van der Waals surface area (Å²) in [5, 5.41) is 20.7. The van der Waals surface area contributed by atoms with Crippen LogP contribution in [0.4, 0.5) is 17.1 Å². The van der Waals surface area contributed by atoms with E-state index in [9.17, 15) is 10.1 Å². The van der Waals surface area contributed by atoms with Crippen molar-refractivity contribution >= 4 is 57.1 Å². The van der Waals surface area contributed by atoms with E-state index in [0.717, 1.165) is 32.4 Å². The molecule has 1 aromatic heterocycles. The quantitative estimate of drug-likeness (QED) is 0.220. The lowest BCUT2D eigenvalue weighted by Gasteiger charge is -2.28. The van der Waals surface area contributed by atoms with E-state index in [-0.39, 0.29) is 17.3 Å². The second kappa shape index (κ2) is 14.6. The molecule has 41 heavy (non-hydrogen) atoms. The minimum atomic E-state index is -0.114. The fraction of sp³-hybridized carbons (Fsp3) is 0.433. The molecule has 0 saturated carbocycles. The first-order valence-corrected chi connectivity index (χ1v) is 14.6. The summed E-state index contributed by atoms with van der Waals surface area (Å²) in [5.74, 6) is 0.951. The van der Waals surface area contributed by atoms with Gasteiger partial charge in [-0.3, -0.25) is 9.78 Å². The molecular weight excluding hydrogens is 563 g/mol. The van der Waals surface area contributed by atoms with Crippen molar-refractivity contribution in [3.05, 3.63) is 47.1 Å². The summed E-state index contributed by atoms with van der Waals surface area (Å²) in [6, 6.07) is 11.2. The average molecular weight is 600 g/mol. The summed E-state index contributed by atoms with van der Waals surface area (Å²) in [7, 11) is 3.95. The van der Waals surface area contributed by atoms with Gasteiger partial charge in [0.05, 0.1) is 45.5 Å². The minimum Gasteiger partial charge on any atom is -0.492 e. The third-order valence-corrected chi connectivity index (χ3v) is 7.61. The first-order valence-electron chi connectivity index (χ1n) is 13.8. The first-order chi connectivity index (χ1) is 19.8. The van der Waals surface area contributed by atoms with E-state index >= 15 is 0 Å². The highest BCUT2D eigenvalue weighted by Crippen LogP contribution is 2.37. The number of halogens is 2. The van der Waals surface area contributed by atoms with Gasteiger partial charge in [0.2, 0.25) is 5.91 Å². The van der Waals surface area contributed by atoms with Gasteiger partial charge in [0.1, 0.15) is 24.2 Å². The fourth-order valence-corrected chi connectivity index (χ4v) is 5.23. The molecule has 9 nitrogen and oxygen atoms in total. The summed E-state index contributed by atoms with van der Waals surface area (Å²) >= 11 is 13.0. The summed E-state index contributed by atoms with van der Waals surface area (Å²) in [6.45, 7) is 4.45. The lowest BCUT2D eigenvalue weighted by Crippen LogP contribution is -2.46. The molecule has 2 unspecified atom stereocenters. The number of anilines is 3. The zero-order valence-corrected chi connectivity index (χ0v) is 25.1. The fourth-order valence-electron chi connectivity index (χ4n) is 4.68. The van der Waals surface area contributed by atoms with Crippen molar-refractivity contribution in [2.24, 2.45) is 0 Å². The maximum absolute atomic E-state index is 12.7. The standard InChI is InChI=1S/C30H36Cl2N6O3/c1-4-40-28-15-24-21(14-25(28)37-29(39)8-6-12-38(2)3)30(19(16-33)17-35-24)36-20-9-10-27(23(32)13-20)41-18-26-22(31)7-5-11-34-26/h9-10,13-15,17,22,26,34H,4-8,11-12,18H2,1-3H3,(H,35,36)(H,37,39). The van der Waals surface area contributed by atoms with Crippen LogP contribution in [-0.2, 0) is 4.79 Å². The number of nitriles is 1. The number of nitrogens with zero attached hydrogens (tertiary/aromatic N) is 3. The van der Waals surface area contributed by atoms with Gasteiger partial charge in [0, 0.05) is 29.8 Å². The Morgan fingerprint density at radius 3 is 2.78 bits per heavy atom. The second-order valence-corrected chi connectivity index (χ2v) is 11.2. The van der Waals surface area contributed by atoms with Crippen molar-refractivity contribution in [1.82, 2.24) is 15.2 Å². The number of hydrogen-bond acceptors (Lipinski definition) is 8. The number of fused-ring (bicyclic) bond motifs is 1. The highest BCUT2D eigenvalue weighted by atomic mass is 35.5. The van der Waals surface area contributed by atoms with Crippen LogP contribution in [0.2, 0.25) is 5.02 Å². The summed E-state index contributed by atoms with van der Waals surface area (Å²) in [4.78, 5) is 19.2. The molecule has 3 N–H and O–H groups in total. The summed E-state index contributed by atoms with van der Waals surface area (Å²) in [5.41, 5.74) is 2.69. The number of ether oxygens (including phenoxy) is 2. The van der Waals surface area contributed by atoms with Crippen LogP contribution in [-0.4, -0.2) is 67.6 Å². The minimum absolute atomic E-state index is 0.0174. The Labute approximate surface area is 251 Å². The Morgan fingerprint density at radius 1 is 1.24 bits per heavy atom. The molecular formula is C30H36Cl2N6O3. The number of amides is 1. The third-order valence-electron chi connectivity index (χ3n) is 6.79. The van der Waals surface area contributed by atoms with E-state index in [4.69, 9.17) is 32.7 Å². The van der Waals surface area contributed by atoms with Gasteiger partial charge in [-0.05, 0) is 77.6 Å². The Balaban J connectivity index is 1.59. The van der Waals surface area contributed by atoms with Crippen molar-refractivity contribution in [3.63, 3.8) is 0 Å². The Morgan fingerprint density at radius 2 is 2.07 bits per heavy atom. The van der Waals surface area contributed by atoms with Gasteiger partial charge < -0.3 is 30.3 Å². The predicted octanol–water partition coefficient (Wildman–Crippen LogP) is 5.92. The molecule has 0 bridgehead atoms. The van der Waals surface area contributed by atoms with Crippen LogP contribution in [0.15, 0.2) is 36.5 Å². The van der Waals surface area contributed by atoms with Crippen molar-refractivity contribution in [2.75, 3.05) is 51.0 Å². The molecule has 0 spiro atoms. The number of alkyl halides is 1. The van der Waals surface area contributed by atoms with Gasteiger partial charge in [-0.2, -0.15) is 5.26 Å². The van der Waals surface area contributed by atoms with Crippen LogP contribution in [0, 0.1) is 11.3 Å². The number of carbonyl (C=O) groups excluding carboxylic acids is 1. The Kier molecular flexibility index (Phi) is 10.9. The van der Waals surface area contributed by atoms with Crippen molar-refractivity contribution in [1.29, 1.82) is 5.26 Å². The molecule has 1 amide bonds. The molecule has 11 heteroatoms.